The first-order valence-electron chi connectivity index (χ1n) is 5.76. The third kappa shape index (κ3) is 3.25. The third-order valence-corrected chi connectivity index (χ3v) is 3.71. The maximum atomic E-state index is 10.2. The third-order valence-electron chi connectivity index (χ3n) is 2.43. The van der Waals surface area contributed by atoms with Crippen molar-refractivity contribution in [3.63, 3.8) is 0 Å². The number of hydrogen-bond acceptors (Lipinski definition) is 3. The number of benzene rings is 1. The van der Waals surface area contributed by atoms with Crippen LogP contribution in [0.2, 0.25) is 4.34 Å². The molecule has 0 aliphatic rings. The molecule has 0 radical (unpaired) electrons. The standard InChI is InChI=1S/C14H15ClO2S/c1-9(2)17-11-5-3-10(4-6-11)14(16)12-7-8-13(15)18-12/h3-9,14,16H,1-2H3. The highest BCUT2D eigenvalue weighted by molar-refractivity contribution is 7.16. The molecule has 1 unspecified atom stereocenters. The van der Waals surface area contributed by atoms with E-state index in [9.17, 15) is 5.11 Å². The summed E-state index contributed by atoms with van der Waals surface area (Å²) in [5, 5.41) is 10.2. The van der Waals surface area contributed by atoms with Crippen molar-refractivity contribution in [2.75, 3.05) is 0 Å². The van der Waals surface area contributed by atoms with E-state index in [4.69, 9.17) is 16.3 Å². The average Bonchev–Trinajstić information content (AvgIpc) is 2.75. The van der Waals surface area contributed by atoms with Crippen molar-refractivity contribution >= 4 is 22.9 Å². The van der Waals surface area contributed by atoms with Crippen molar-refractivity contribution in [3.05, 3.63) is 51.2 Å². The normalized spacial score (nSPS) is 12.7. The number of rotatable bonds is 4. The summed E-state index contributed by atoms with van der Waals surface area (Å²) in [5.41, 5.74) is 0.838. The van der Waals surface area contributed by atoms with E-state index in [0.29, 0.717) is 4.34 Å². The first-order chi connectivity index (χ1) is 8.56. The summed E-state index contributed by atoms with van der Waals surface area (Å²) < 4.78 is 6.24. The number of ether oxygens (including phenoxy) is 1. The summed E-state index contributed by atoms with van der Waals surface area (Å²) >= 11 is 7.25. The van der Waals surface area contributed by atoms with E-state index in [0.717, 1.165) is 16.2 Å². The van der Waals surface area contributed by atoms with E-state index in [1.807, 2.05) is 44.2 Å². The Morgan fingerprint density at radius 3 is 2.28 bits per heavy atom. The van der Waals surface area contributed by atoms with E-state index in [-0.39, 0.29) is 6.10 Å². The van der Waals surface area contributed by atoms with Gasteiger partial charge in [-0.3, -0.25) is 0 Å². The van der Waals surface area contributed by atoms with Crippen molar-refractivity contribution in [1.82, 2.24) is 0 Å². The molecule has 1 N–H and O–H groups in total. The van der Waals surface area contributed by atoms with E-state index in [2.05, 4.69) is 0 Å². The van der Waals surface area contributed by atoms with E-state index >= 15 is 0 Å². The van der Waals surface area contributed by atoms with Gasteiger partial charge in [0.05, 0.1) is 10.4 Å². The van der Waals surface area contributed by atoms with Gasteiger partial charge in [0.15, 0.2) is 0 Å². The van der Waals surface area contributed by atoms with Gasteiger partial charge >= 0.3 is 0 Å². The van der Waals surface area contributed by atoms with Gasteiger partial charge in [0, 0.05) is 4.88 Å². The van der Waals surface area contributed by atoms with E-state index in [1.54, 1.807) is 6.07 Å². The molecule has 0 fully saturated rings. The Kier molecular flexibility index (Phi) is 4.27. The maximum absolute atomic E-state index is 10.2. The molecule has 0 aliphatic carbocycles. The molecule has 0 saturated heterocycles. The SMILES string of the molecule is CC(C)Oc1ccc(C(O)c2ccc(Cl)s2)cc1. The van der Waals surface area contributed by atoms with Gasteiger partial charge < -0.3 is 9.84 Å². The van der Waals surface area contributed by atoms with Crippen LogP contribution in [0.5, 0.6) is 5.75 Å². The average molecular weight is 283 g/mol. The molecule has 96 valence electrons. The van der Waals surface area contributed by atoms with Gasteiger partial charge in [-0.25, -0.2) is 0 Å². The molecule has 0 aliphatic heterocycles. The highest BCUT2D eigenvalue weighted by Gasteiger charge is 2.12. The smallest absolute Gasteiger partial charge is 0.119 e. The molecule has 0 bridgehead atoms. The Balaban J connectivity index is 2.14. The maximum Gasteiger partial charge on any atom is 0.119 e. The molecule has 1 heterocycles. The minimum Gasteiger partial charge on any atom is -0.491 e. The molecule has 1 atom stereocenters. The number of thiophene rings is 1. The molecule has 18 heavy (non-hydrogen) atoms. The Morgan fingerprint density at radius 2 is 1.78 bits per heavy atom. The number of aliphatic hydroxyl groups is 1. The number of aliphatic hydroxyl groups excluding tert-OH is 1. The minimum atomic E-state index is -0.629. The van der Waals surface area contributed by atoms with Gasteiger partial charge in [0.2, 0.25) is 0 Å². The summed E-state index contributed by atoms with van der Waals surface area (Å²) in [6, 6.07) is 11.1. The Hall–Kier alpha value is -1.03. The minimum absolute atomic E-state index is 0.150. The van der Waals surface area contributed by atoms with Crippen LogP contribution in [0.4, 0.5) is 0 Å². The van der Waals surface area contributed by atoms with Crippen LogP contribution in [0.15, 0.2) is 36.4 Å². The summed E-state index contributed by atoms with van der Waals surface area (Å²) in [7, 11) is 0. The first-order valence-corrected chi connectivity index (χ1v) is 6.95. The quantitative estimate of drug-likeness (QED) is 0.907. The molecule has 1 aromatic heterocycles. The zero-order valence-corrected chi connectivity index (χ0v) is 11.8. The van der Waals surface area contributed by atoms with Crippen molar-refractivity contribution in [2.24, 2.45) is 0 Å². The van der Waals surface area contributed by atoms with Crippen LogP contribution in [0, 0.1) is 0 Å². The molecule has 1 aromatic carbocycles. The molecule has 0 spiro atoms. The number of halogens is 1. The van der Waals surface area contributed by atoms with Crippen LogP contribution < -0.4 is 4.74 Å². The van der Waals surface area contributed by atoms with Crippen LogP contribution in [-0.4, -0.2) is 11.2 Å². The predicted molar refractivity (Wildman–Crippen MR) is 75.6 cm³/mol. The van der Waals surface area contributed by atoms with Crippen molar-refractivity contribution in [1.29, 1.82) is 0 Å². The van der Waals surface area contributed by atoms with Crippen molar-refractivity contribution in [3.8, 4) is 5.75 Å². The summed E-state index contributed by atoms with van der Waals surface area (Å²) in [5.74, 6) is 0.810. The van der Waals surface area contributed by atoms with Crippen LogP contribution in [0.3, 0.4) is 0 Å². The summed E-state index contributed by atoms with van der Waals surface area (Å²) in [6.07, 6.45) is -0.479. The molecule has 0 saturated carbocycles. The van der Waals surface area contributed by atoms with Crippen molar-refractivity contribution in [2.45, 2.75) is 26.1 Å². The first kappa shape index (κ1) is 13.4. The monoisotopic (exact) mass is 282 g/mol. The second kappa shape index (κ2) is 5.74. The molecule has 2 aromatic rings. The van der Waals surface area contributed by atoms with Gasteiger partial charge in [-0.1, -0.05) is 23.7 Å². The summed E-state index contributed by atoms with van der Waals surface area (Å²) in [4.78, 5) is 0.845. The lowest BCUT2D eigenvalue weighted by molar-refractivity contribution is 0.223. The molecular formula is C14H15ClO2S. The second-order valence-electron chi connectivity index (χ2n) is 4.28. The fourth-order valence-electron chi connectivity index (χ4n) is 1.64. The fourth-order valence-corrected chi connectivity index (χ4v) is 2.72. The lowest BCUT2D eigenvalue weighted by Crippen LogP contribution is -2.05. The van der Waals surface area contributed by atoms with Gasteiger partial charge in [-0.2, -0.15) is 0 Å². The lowest BCUT2D eigenvalue weighted by atomic mass is 10.1. The predicted octanol–water partition coefficient (Wildman–Crippen LogP) is 4.27. The fraction of sp³-hybridized carbons (Fsp3) is 0.286. The Morgan fingerprint density at radius 1 is 1.11 bits per heavy atom. The zero-order valence-electron chi connectivity index (χ0n) is 10.3. The molecular weight excluding hydrogens is 268 g/mol. The van der Waals surface area contributed by atoms with Gasteiger partial charge in [0.25, 0.3) is 0 Å². The van der Waals surface area contributed by atoms with Crippen LogP contribution in [0.25, 0.3) is 0 Å². The van der Waals surface area contributed by atoms with E-state index in [1.165, 1.54) is 11.3 Å². The van der Waals surface area contributed by atoms with Crippen molar-refractivity contribution < 1.29 is 9.84 Å². The molecule has 4 heteroatoms. The Bertz CT molecular complexity index is 505. The van der Waals surface area contributed by atoms with E-state index < -0.39 is 6.10 Å². The topological polar surface area (TPSA) is 29.5 Å². The molecule has 0 amide bonds. The van der Waals surface area contributed by atoms with Gasteiger partial charge in [-0.15, -0.1) is 11.3 Å². The van der Waals surface area contributed by atoms with Crippen LogP contribution in [-0.2, 0) is 0 Å². The van der Waals surface area contributed by atoms with Crippen LogP contribution >= 0.6 is 22.9 Å². The second-order valence-corrected chi connectivity index (χ2v) is 6.03. The molecule has 2 rings (SSSR count). The Labute approximate surface area is 116 Å². The largest absolute Gasteiger partial charge is 0.491 e. The number of hydrogen-bond donors (Lipinski definition) is 1. The summed E-state index contributed by atoms with van der Waals surface area (Å²) in [6.45, 7) is 3.97. The van der Waals surface area contributed by atoms with Gasteiger partial charge in [-0.05, 0) is 43.7 Å². The zero-order chi connectivity index (χ0) is 13.1. The van der Waals surface area contributed by atoms with Gasteiger partial charge in [0.1, 0.15) is 11.9 Å². The molecule has 2 nitrogen and oxygen atoms in total. The highest BCUT2D eigenvalue weighted by atomic mass is 35.5. The lowest BCUT2D eigenvalue weighted by Gasteiger charge is -2.12. The van der Waals surface area contributed by atoms with Crippen LogP contribution in [0.1, 0.15) is 30.4 Å². The highest BCUT2D eigenvalue weighted by Crippen LogP contribution is 2.31.